The molecule has 0 aromatic heterocycles. The molecule has 98 valence electrons. The van der Waals surface area contributed by atoms with Crippen LogP contribution >= 0.6 is 0 Å². The van der Waals surface area contributed by atoms with E-state index in [-0.39, 0.29) is 18.7 Å². The number of anilines is 1. The highest BCUT2D eigenvalue weighted by Gasteiger charge is 2.13. The molecule has 18 heavy (non-hydrogen) atoms. The van der Waals surface area contributed by atoms with Gasteiger partial charge in [-0.3, -0.25) is 9.59 Å². The van der Waals surface area contributed by atoms with E-state index >= 15 is 0 Å². The molecule has 0 fully saturated rings. The molecule has 4 N–H and O–H groups in total. The number of nitrogens with one attached hydrogen (secondary N) is 1. The summed E-state index contributed by atoms with van der Waals surface area (Å²) in [6.45, 7) is 0. The van der Waals surface area contributed by atoms with Crippen LogP contribution in [0.2, 0.25) is 0 Å². The lowest BCUT2D eigenvalue weighted by atomic mass is 10.1. The Morgan fingerprint density at radius 2 is 2.00 bits per heavy atom. The number of amides is 1. The minimum Gasteiger partial charge on any atom is -0.497 e. The van der Waals surface area contributed by atoms with Crippen LogP contribution in [-0.4, -0.2) is 30.1 Å². The maximum absolute atomic E-state index is 11.5. The number of hydrogen-bond acceptors (Lipinski definition) is 4. The number of carbonyl (C=O) groups excluding carboxylic acids is 1. The first-order valence-corrected chi connectivity index (χ1v) is 5.45. The van der Waals surface area contributed by atoms with E-state index in [1.807, 2.05) is 0 Å². The lowest BCUT2D eigenvalue weighted by Crippen LogP contribution is -2.31. The third kappa shape index (κ3) is 4.42. The second-order valence-corrected chi connectivity index (χ2v) is 3.76. The smallest absolute Gasteiger partial charge is 0.320 e. The number of rotatable bonds is 6. The molecule has 0 aliphatic heterocycles. The number of aliphatic carboxylic acids is 1. The van der Waals surface area contributed by atoms with Crippen molar-refractivity contribution in [1.82, 2.24) is 0 Å². The van der Waals surface area contributed by atoms with Crippen LogP contribution in [0, 0.1) is 0 Å². The second kappa shape index (κ2) is 6.61. The molecule has 0 heterocycles. The summed E-state index contributed by atoms with van der Waals surface area (Å²) in [7, 11) is 1.56. The molecule has 0 saturated carbocycles. The minimum atomic E-state index is -1.10. The summed E-state index contributed by atoms with van der Waals surface area (Å²) in [6.07, 6.45) is 0.177. The SMILES string of the molecule is COc1ccc(NC(=O)CCC(N)C(=O)O)cc1. The largest absolute Gasteiger partial charge is 0.497 e. The Bertz CT molecular complexity index is 417. The molecular weight excluding hydrogens is 236 g/mol. The van der Waals surface area contributed by atoms with Crippen LogP contribution < -0.4 is 15.8 Å². The molecule has 0 aliphatic rings. The van der Waals surface area contributed by atoms with Gasteiger partial charge in [0.1, 0.15) is 11.8 Å². The Morgan fingerprint density at radius 3 is 2.50 bits per heavy atom. The summed E-state index contributed by atoms with van der Waals surface area (Å²) in [5.74, 6) is -0.676. The van der Waals surface area contributed by atoms with Crippen molar-refractivity contribution in [3.8, 4) is 5.75 Å². The highest BCUT2D eigenvalue weighted by atomic mass is 16.5. The molecule has 0 spiro atoms. The first-order valence-electron chi connectivity index (χ1n) is 5.45. The van der Waals surface area contributed by atoms with Crippen molar-refractivity contribution in [2.75, 3.05) is 12.4 Å². The van der Waals surface area contributed by atoms with Crippen LogP contribution in [0.1, 0.15) is 12.8 Å². The summed E-state index contributed by atoms with van der Waals surface area (Å²) >= 11 is 0. The van der Waals surface area contributed by atoms with Gasteiger partial charge in [-0.2, -0.15) is 0 Å². The van der Waals surface area contributed by atoms with Gasteiger partial charge in [-0.15, -0.1) is 0 Å². The summed E-state index contributed by atoms with van der Waals surface area (Å²) < 4.78 is 4.98. The monoisotopic (exact) mass is 252 g/mol. The number of hydrogen-bond donors (Lipinski definition) is 3. The lowest BCUT2D eigenvalue weighted by molar-refractivity contribution is -0.138. The van der Waals surface area contributed by atoms with Crippen LogP contribution in [0.25, 0.3) is 0 Å². The fraction of sp³-hybridized carbons (Fsp3) is 0.333. The molecular formula is C12H16N2O4. The summed E-state index contributed by atoms with van der Waals surface area (Å²) in [6, 6.07) is 5.84. The maximum atomic E-state index is 11.5. The zero-order chi connectivity index (χ0) is 13.5. The molecule has 1 unspecified atom stereocenters. The van der Waals surface area contributed by atoms with Gasteiger partial charge < -0.3 is 20.9 Å². The van der Waals surface area contributed by atoms with E-state index in [4.69, 9.17) is 15.6 Å². The Hall–Kier alpha value is -2.08. The number of methoxy groups -OCH3 is 1. The molecule has 1 aromatic rings. The quantitative estimate of drug-likeness (QED) is 0.696. The van der Waals surface area contributed by atoms with Crippen molar-refractivity contribution in [2.45, 2.75) is 18.9 Å². The van der Waals surface area contributed by atoms with Crippen LogP contribution in [0.5, 0.6) is 5.75 Å². The predicted octanol–water partition coefficient (Wildman–Crippen LogP) is 0.826. The van der Waals surface area contributed by atoms with E-state index in [0.717, 1.165) is 0 Å². The second-order valence-electron chi connectivity index (χ2n) is 3.76. The number of nitrogens with two attached hydrogens (primary N) is 1. The van der Waals surface area contributed by atoms with Crippen LogP contribution in [0.4, 0.5) is 5.69 Å². The number of ether oxygens (including phenoxy) is 1. The fourth-order valence-electron chi connectivity index (χ4n) is 1.31. The average molecular weight is 252 g/mol. The predicted molar refractivity (Wildman–Crippen MR) is 66.5 cm³/mol. The van der Waals surface area contributed by atoms with E-state index < -0.39 is 12.0 Å². The first kappa shape index (κ1) is 14.0. The summed E-state index contributed by atoms with van der Waals surface area (Å²) in [5, 5.41) is 11.2. The van der Waals surface area contributed by atoms with E-state index in [1.165, 1.54) is 0 Å². The molecule has 6 heteroatoms. The molecule has 0 aliphatic carbocycles. The molecule has 0 bridgehead atoms. The summed E-state index contributed by atoms with van der Waals surface area (Å²) in [5.41, 5.74) is 5.93. The van der Waals surface area contributed by atoms with Gasteiger partial charge in [0, 0.05) is 12.1 Å². The zero-order valence-corrected chi connectivity index (χ0v) is 10.1. The highest BCUT2D eigenvalue weighted by molar-refractivity contribution is 5.91. The third-order valence-electron chi connectivity index (χ3n) is 2.37. The van der Waals surface area contributed by atoms with Gasteiger partial charge in [0.2, 0.25) is 5.91 Å². The first-order chi connectivity index (χ1) is 8.52. The van der Waals surface area contributed by atoms with Crippen molar-refractivity contribution < 1.29 is 19.4 Å². The van der Waals surface area contributed by atoms with Crippen molar-refractivity contribution >= 4 is 17.6 Å². The van der Waals surface area contributed by atoms with Crippen molar-refractivity contribution in [2.24, 2.45) is 5.73 Å². The van der Waals surface area contributed by atoms with E-state index in [9.17, 15) is 9.59 Å². The van der Waals surface area contributed by atoms with Gasteiger partial charge in [0.25, 0.3) is 0 Å². The van der Waals surface area contributed by atoms with Crippen molar-refractivity contribution in [1.29, 1.82) is 0 Å². The standard InChI is InChI=1S/C12H16N2O4/c1-18-9-4-2-8(3-5-9)14-11(15)7-6-10(13)12(16)17/h2-5,10H,6-7,13H2,1H3,(H,14,15)(H,16,17). The zero-order valence-electron chi connectivity index (χ0n) is 10.1. The van der Waals surface area contributed by atoms with Gasteiger partial charge in [0.05, 0.1) is 7.11 Å². The van der Waals surface area contributed by atoms with Gasteiger partial charge in [-0.05, 0) is 30.7 Å². The van der Waals surface area contributed by atoms with Gasteiger partial charge in [-0.1, -0.05) is 0 Å². The molecule has 0 saturated heterocycles. The van der Waals surface area contributed by atoms with E-state index in [2.05, 4.69) is 5.32 Å². The Kier molecular flexibility index (Phi) is 5.13. The minimum absolute atomic E-state index is 0.0689. The molecule has 0 radical (unpaired) electrons. The van der Waals surface area contributed by atoms with Crippen LogP contribution in [-0.2, 0) is 9.59 Å². The molecule has 1 atom stereocenters. The topological polar surface area (TPSA) is 102 Å². The van der Waals surface area contributed by atoms with E-state index in [0.29, 0.717) is 11.4 Å². The summed E-state index contributed by atoms with van der Waals surface area (Å²) in [4.78, 5) is 22.0. The normalized spacial score (nSPS) is 11.7. The van der Waals surface area contributed by atoms with Crippen molar-refractivity contribution in [3.63, 3.8) is 0 Å². The van der Waals surface area contributed by atoms with Crippen LogP contribution in [0.15, 0.2) is 24.3 Å². The van der Waals surface area contributed by atoms with E-state index in [1.54, 1.807) is 31.4 Å². The van der Waals surface area contributed by atoms with Crippen LogP contribution in [0.3, 0.4) is 0 Å². The molecule has 1 aromatic carbocycles. The highest BCUT2D eigenvalue weighted by Crippen LogP contribution is 2.15. The third-order valence-corrected chi connectivity index (χ3v) is 2.37. The molecule has 1 rings (SSSR count). The Labute approximate surface area is 105 Å². The number of carboxylic acid groups (broad SMARTS) is 1. The lowest BCUT2D eigenvalue weighted by Gasteiger charge is -2.08. The van der Waals surface area contributed by atoms with Gasteiger partial charge in [0.15, 0.2) is 0 Å². The molecule has 6 nitrogen and oxygen atoms in total. The van der Waals surface area contributed by atoms with Gasteiger partial charge >= 0.3 is 5.97 Å². The fourth-order valence-corrected chi connectivity index (χ4v) is 1.31. The maximum Gasteiger partial charge on any atom is 0.320 e. The Balaban J connectivity index is 2.42. The average Bonchev–Trinajstić information content (AvgIpc) is 2.36. The number of benzene rings is 1. The molecule has 1 amide bonds. The number of carboxylic acids is 1. The van der Waals surface area contributed by atoms with Gasteiger partial charge in [-0.25, -0.2) is 0 Å². The Morgan fingerprint density at radius 1 is 1.39 bits per heavy atom. The van der Waals surface area contributed by atoms with Crippen molar-refractivity contribution in [3.05, 3.63) is 24.3 Å². The number of carbonyl (C=O) groups is 2.